The van der Waals surface area contributed by atoms with Gasteiger partial charge in [-0.15, -0.1) is 0 Å². The summed E-state index contributed by atoms with van der Waals surface area (Å²) in [4.78, 5) is 30.3. The van der Waals surface area contributed by atoms with Gasteiger partial charge in [0.2, 0.25) is 11.8 Å². The summed E-state index contributed by atoms with van der Waals surface area (Å²) in [7, 11) is 0. The Hall–Kier alpha value is -2.69. The smallest absolute Gasteiger partial charge is 0.225 e. The minimum Gasteiger partial charge on any atom is -0.369 e. The lowest BCUT2D eigenvalue weighted by molar-refractivity contribution is -0.139. The first-order valence-corrected chi connectivity index (χ1v) is 9.11. The van der Waals surface area contributed by atoms with Crippen molar-refractivity contribution in [1.82, 2.24) is 9.88 Å². The molecule has 2 heterocycles. The van der Waals surface area contributed by atoms with Gasteiger partial charge in [0.25, 0.3) is 0 Å². The minimum absolute atomic E-state index is 0.0854. The van der Waals surface area contributed by atoms with E-state index < -0.39 is 5.41 Å². The van der Waals surface area contributed by atoms with Gasteiger partial charge in [0.1, 0.15) is 0 Å². The lowest BCUT2D eigenvalue weighted by atomic mass is 9.74. The second-order valence-electron chi connectivity index (χ2n) is 7.03. The molecule has 1 aromatic carbocycles. The van der Waals surface area contributed by atoms with Crippen molar-refractivity contribution >= 4 is 11.8 Å². The van der Waals surface area contributed by atoms with Crippen LogP contribution in [-0.2, 0) is 16.0 Å². The van der Waals surface area contributed by atoms with E-state index in [1.807, 2.05) is 49.5 Å². The van der Waals surface area contributed by atoms with E-state index in [-0.39, 0.29) is 11.8 Å². The molecule has 1 saturated heterocycles. The van der Waals surface area contributed by atoms with Crippen LogP contribution in [0.2, 0.25) is 0 Å². The number of likely N-dealkylation sites (tertiary alicyclic amines) is 1. The van der Waals surface area contributed by atoms with E-state index in [9.17, 15) is 9.59 Å². The number of rotatable bonds is 5. The Morgan fingerprint density at radius 3 is 2.58 bits per heavy atom. The first-order chi connectivity index (χ1) is 12.5. The van der Waals surface area contributed by atoms with Crippen molar-refractivity contribution in [3.05, 3.63) is 54.4 Å². The number of benzene rings is 1. The van der Waals surface area contributed by atoms with Gasteiger partial charge in [0.05, 0.1) is 5.41 Å². The molecule has 0 spiro atoms. The average molecular weight is 351 g/mol. The van der Waals surface area contributed by atoms with Gasteiger partial charge in [-0.2, -0.15) is 0 Å². The molecule has 1 aliphatic heterocycles. The van der Waals surface area contributed by atoms with Crippen LogP contribution in [-0.4, -0.2) is 34.8 Å². The van der Waals surface area contributed by atoms with Gasteiger partial charge in [0, 0.05) is 31.9 Å². The maximum Gasteiger partial charge on any atom is 0.225 e. The van der Waals surface area contributed by atoms with Crippen molar-refractivity contribution in [3.63, 3.8) is 0 Å². The number of nitrogens with two attached hydrogens (primary N) is 1. The number of carbonyl (C=O) groups is 2. The summed E-state index contributed by atoms with van der Waals surface area (Å²) in [6.07, 6.45) is 6.12. The van der Waals surface area contributed by atoms with Gasteiger partial charge in [-0.3, -0.25) is 14.6 Å². The Morgan fingerprint density at radius 1 is 1.19 bits per heavy atom. The number of primary amides is 1. The molecule has 2 amide bonds. The second-order valence-corrected chi connectivity index (χ2v) is 7.03. The second kappa shape index (κ2) is 7.68. The average Bonchev–Trinajstić information content (AvgIpc) is 2.68. The fourth-order valence-electron chi connectivity index (χ4n) is 3.74. The van der Waals surface area contributed by atoms with Crippen LogP contribution in [0.5, 0.6) is 0 Å². The Bertz CT molecular complexity index is 774. The molecule has 1 atom stereocenters. The highest BCUT2D eigenvalue weighted by molar-refractivity contribution is 5.83. The third-order valence-electron chi connectivity index (χ3n) is 5.25. The van der Waals surface area contributed by atoms with E-state index in [2.05, 4.69) is 4.98 Å². The molecule has 136 valence electrons. The summed E-state index contributed by atoms with van der Waals surface area (Å²) in [6, 6.07) is 12.1. The van der Waals surface area contributed by atoms with Crippen LogP contribution in [0.4, 0.5) is 0 Å². The van der Waals surface area contributed by atoms with Crippen molar-refractivity contribution in [2.75, 3.05) is 13.1 Å². The summed E-state index contributed by atoms with van der Waals surface area (Å²) in [5.74, 6) is -0.232. The Labute approximate surface area is 154 Å². The molecule has 5 heteroatoms. The van der Waals surface area contributed by atoms with Crippen molar-refractivity contribution in [2.45, 2.75) is 32.6 Å². The van der Waals surface area contributed by atoms with E-state index in [0.29, 0.717) is 25.9 Å². The number of nitrogens with zero attached hydrogens (tertiary/aromatic N) is 2. The fraction of sp³-hybridized carbons (Fsp3) is 0.381. The number of carbonyl (C=O) groups excluding carboxylic acids is 2. The van der Waals surface area contributed by atoms with Crippen molar-refractivity contribution < 1.29 is 9.59 Å². The highest BCUT2D eigenvalue weighted by atomic mass is 16.2. The van der Waals surface area contributed by atoms with Gasteiger partial charge < -0.3 is 10.6 Å². The molecule has 26 heavy (non-hydrogen) atoms. The molecule has 0 unspecified atom stereocenters. The zero-order chi connectivity index (χ0) is 18.6. The maximum absolute atomic E-state index is 12.3. The molecule has 2 N–H and O–H groups in total. The standard InChI is InChI=1S/C21H25N3O2/c1-2-19(25)24-12-4-10-21(15-24,20(22)26)13-16-6-8-17(9-7-16)18-5-3-11-23-14-18/h3,5-9,11,14H,2,4,10,12-13,15H2,1H3,(H2,22,26)/t21-/m0/s1. The molecule has 1 aromatic heterocycles. The summed E-state index contributed by atoms with van der Waals surface area (Å²) in [6.45, 7) is 2.97. The number of aromatic nitrogens is 1. The third kappa shape index (κ3) is 3.77. The summed E-state index contributed by atoms with van der Waals surface area (Å²) in [5.41, 5.74) is 8.31. The van der Waals surface area contributed by atoms with Gasteiger partial charge in [-0.25, -0.2) is 0 Å². The highest BCUT2D eigenvalue weighted by Gasteiger charge is 2.41. The van der Waals surface area contributed by atoms with Gasteiger partial charge in [0.15, 0.2) is 0 Å². The Balaban J connectivity index is 1.80. The van der Waals surface area contributed by atoms with Crippen LogP contribution >= 0.6 is 0 Å². The number of hydrogen-bond donors (Lipinski definition) is 1. The molecule has 1 aliphatic rings. The van der Waals surface area contributed by atoms with Crippen LogP contribution < -0.4 is 5.73 Å². The lowest BCUT2D eigenvalue weighted by Gasteiger charge is -2.41. The Morgan fingerprint density at radius 2 is 1.96 bits per heavy atom. The SMILES string of the molecule is CCC(=O)N1CCC[C@@](Cc2ccc(-c3cccnc3)cc2)(C(N)=O)C1. The summed E-state index contributed by atoms with van der Waals surface area (Å²) in [5, 5.41) is 0. The lowest BCUT2D eigenvalue weighted by Crippen LogP contribution is -2.53. The van der Waals surface area contributed by atoms with Crippen LogP contribution in [0.1, 0.15) is 31.7 Å². The van der Waals surface area contributed by atoms with Crippen LogP contribution in [0.3, 0.4) is 0 Å². The van der Waals surface area contributed by atoms with E-state index in [1.54, 1.807) is 11.1 Å². The molecule has 2 aromatic rings. The molecule has 0 aliphatic carbocycles. The molecule has 1 fully saturated rings. The third-order valence-corrected chi connectivity index (χ3v) is 5.25. The highest BCUT2D eigenvalue weighted by Crippen LogP contribution is 2.34. The number of hydrogen-bond acceptors (Lipinski definition) is 3. The molecule has 0 radical (unpaired) electrons. The van der Waals surface area contributed by atoms with Crippen molar-refractivity contribution in [3.8, 4) is 11.1 Å². The molecule has 0 bridgehead atoms. The number of pyridine rings is 1. The maximum atomic E-state index is 12.3. The van der Waals surface area contributed by atoms with Crippen molar-refractivity contribution in [2.24, 2.45) is 11.1 Å². The minimum atomic E-state index is -0.682. The first-order valence-electron chi connectivity index (χ1n) is 9.11. The van der Waals surface area contributed by atoms with Gasteiger partial charge in [-0.1, -0.05) is 37.3 Å². The van der Waals surface area contributed by atoms with E-state index >= 15 is 0 Å². The summed E-state index contributed by atoms with van der Waals surface area (Å²) >= 11 is 0. The normalized spacial score (nSPS) is 20.0. The molecule has 3 rings (SSSR count). The van der Waals surface area contributed by atoms with Crippen LogP contribution in [0, 0.1) is 5.41 Å². The van der Waals surface area contributed by atoms with Gasteiger partial charge >= 0.3 is 0 Å². The van der Waals surface area contributed by atoms with Crippen LogP contribution in [0.25, 0.3) is 11.1 Å². The fourth-order valence-corrected chi connectivity index (χ4v) is 3.74. The molecular formula is C21H25N3O2. The van der Waals surface area contributed by atoms with E-state index in [0.717, 1.165) is 29.5 Å². The summed E-state index contributed by atoms with van der Waals surface area (Å²) < 4.78 is 0. The molecular weight excluding hydrogens is 326 g/mol. The first kappa shape index (κ1) is 18.1. The van der Waals surface area contributed by atoms with E-state index in [1.165, 1.54) is 0 Å². The van der Waals surface area contributed by atoms with E-state index in [4.69, 9.17) is 5.73 Å². The van der Waals surface area contributed by atoms with Crippen LogP contribution in [0.15, 0.2) is 48.8 Å². The Kier molecular flexibility index (Phi) is 5.35. The zero-order valence-electron chi connectivity index (χ0n) is 15.1. The van der Waals surface area contributed by atoms with Crippen molar-refractivity contribution in [1.29, 1.82) is 0 Å². The molecule has 5 nitrogen and oxygen atoms in total. The van der Waals surface area contributed by atoms with Gasteiger partial charge in [-0.05, 0) is 42.0 Å². The predicted molar refractivity (Wildman–Crippen MR) is 101 cm³/mol. The number of amides is 2. The topological polar surface area (TPSA) is 76.3 Å². The predicted octanol–water partition coefficient (Wildman–Crippen LogP) is 2.80. The quantitative estimate of drug-likeness (QED) is 0.900. The monoisotopic (exact) mass is 351 g/mol. The zero-order valence-corrected chi connectivity index (χ0v) is 15.1. The largest absolute Gasteiger partial charge is 0.369 e. The number of piperidine rings is 1. The molecule has 0 saturated carbocycles.